The van der Waals surface area contributed by atoms with Gasteiger partial charge in [-0.1, -0.05) is 23.4 Å². The van der Waals surface area contributed by atoms with E-state index in [4.69, 9.17) is 4.74 Å². The van der Waals surface area contributed by atoms with Gasteiger partial charge in [0.15, 0.2) is 5.69 Å². The van der Waals surface area contributed by atoms with E-state index in [-0.39, 0.29) is 11.6 Å². The Morgan fingerprint density at radius 1 is 1.16 bits per heavy atom. The van der Waals surface area contributed by atoms with Gasteiger partial charge in [-0.3, -0.25) is 4.79 Å². The molecule has 0 saturated carbocycles. The van der Waals surface area contributed by atoms with Gasteiger partial charge in [-0.05, 0) is 54.8 Å². The second-order valence-corrected chi connectivity index (χ2v) is 5.93. The lowest BCUT2D eigenvalue weighted by atomic mass is 10.1. The fraction of sp³-hybridized carbons (Fsp3) is 0.211. The highest BCUT2D eigenvalue weighted by molar-refractivity contribution is 5.91. The van der Waals surface area contributed by atoms with Gasteiger partial charge in [0.25, 0.3) is 5.91 Å². The maximum atomic E-state index is 12.3. The van der Waals surface area contributed by atoms with Gasteiger partial charge < -0.3 is 10.1 Å². The minimum Gasteiger partial charge on any atom is -0.497 e. The number of nitrogens with zero attached hydrogens (tertiary/aromatic N) is 3. The van der Waals surface area contributed by atoms with E-state index in [2.05, 4.69) is 21.7 Å². The number of ether oxygens (including phenoxy) is 1. The third-order valence-electron chi connectivity index (χ3n) is 3.78. The third kappa shape index (κ3) is 4.03. The van der Waals surface area contributed by atoms with E-state index in [0.717, 1.165) is 28.1 Å². The second-order valence-electron chi connectivity index (χ2n) is 5.93. The summed E-state index contributed by atoms with van der Waals surface area (Å²) in [4.78, 5) is 12.3. The highest BCUT2D eigenvalue weighted by Crippen LogP contribution is 2.14. The molecule has 1 N–H and O–H groups in total. The number of benzene rings is 2. The first-order chi connectivity index (χ1) is 12.0. The topological polar surface area (TPSA) is 69.0 Å². The number of carbonyl (C=O) groups is 1. The zero-order valence-corrected chi connectivity index (χ0v) is 14.5. The summed E-state index contributed by atoms with van der Waals surface area (Å²) in [5.41, 5.74) is 4.39. The van der Waals surface area contributed by atoms with Gasteiger partial charge in [0.1, 0.15) is 5.75 Å². The minimum atomic E-state index is -0.265. The SMILES string of the molecule is COc1cccc(CNC(=O)c2cn(-c3cc(C)cc(C)c3)nn2)c1. The molecule has 0 saturated heterocycles. The van der Waals surface area contributed by atoms with Crippen molar-refractivity contribution in [3.8, 4) is 11.4 Å². The summed E-state index contributed by atoms with van der Waals surface area (Å²) in [6.45, 7) is 4.44. The highest BCUT2D eigenvalue weighted by Gasteiger charge is 2.12. The van der Waals surface area contributed by atoms with Crippen molar-refractivity contribution >= 4 is 5.91 Å². The number of amides is 1. The Hall–Kier alpha value is -3.15. The van der Waals surface area contributed by atoms with Crippen molar-refractivity contribution in [2.24, 2.45) is 0 Å². The Morgan fingerprint density at radius 2 is 1.92 bits per heavy atom. The molecule has 0 atom stereocenters. The summed E-state index contributed by atoms with van der Waals surface area (Å²) in [5.74, 6) is 0.492. The van der Waals surface area contributed by atoms with Crippen molar-refractivity contribution in [1.82, 2.24) is 20.3 Å². The predicted octanol–water partition coefficient (Wildman–Crippen LogP) is 2.82. The third-order valence-corrected chi connectivity index (χ3v) is 3.78. The Labute approximate surface area is 146 Å². The van der Waals surface area contributed by atoms with Gasteiger partial charge >= 0.3 is 0 Å². The van der Waals surface area contributed by atoms with E-state index in [1.165, 1.54) is 0 Å². The summed E-state index contributed by atoms with van der Waals surface area (Å²) in [5, 5.41) is 10.9. The summed E-state index contributed by atoms with van der Waals surface area (Å²) in [7, 11) is 1.61. The molecular formula is C19H20N4O2. The van der Waals surface area contributed by atoms with Crippen LogP contribution in [0.1, 0.15) is 27.2 Å². The molecule has 2 aromatic carbocycles. The molecule has 128 valence electrons. The summed E-state index contributed by atoms with van der Waals surface area (Å²) >= 11 is 0. The maximum Gasteiger partial charge on any atom is 0.273 e. The summed E-state index contributed by atoms with van der Waals surface area (Å²) in [6.07, 6.45) is 1.63. The van der Waals surface area contributed by atoms with Crippen molar-refractivity contribution in [3.05, 3.63) is 71.0 Å². The molecule has 0 aliphatic carbocycles. The Bertz CT molecular complexity index is 882. The van der Waals surface area contributed by atoms with E-state index in [1.54, 1.807) is 18.0 Å². The first-order valence-electron chi connectivity index (χ1n) is 7.97. The lowest BCUT2D eigenvalue weighted by Gasteiger charge is -2.05. The predicted molar refractivity (Wildman–Crippen MR) is 95.0 cm³/mol. The molecule has 1 aromatic heterocycles. The van der Waals surface area contributed by atoms with Crippen molar-refractivity contribution in [2.45, 2.75) is 20.4 Å². The quantitative estimate of drug-likeness (QED) is 0.778. The van der Waals surface area contributed by atoms with Crippen LogP contribution in [0.3, 0.4) is 0 Å². The van der Waals surface area contributed by atoms with Crippen LogP contribution < -0.4 is 10.1 Å². The van der Waals surface area contributed by atoms with E-state index in [1.807, 2.05) is 50.2 Å². The number of aryl methyl sites for hydroxylation is 2. The molecular weight excluding hydrogens is 316 g/mol. The van der Waals surface area contributed by atoms with Gasteiger partial charge in [0.05, 0.1) is 19.0 Å². The number of methoxy groups -OCH3 is 1. The molecule has 3 rings (SSSR count). The standard InChI is InChI=1S/C19H20N4O2/c1-13-7-14(2)9-16(8-13)23-12-18(21-22-23)19(24)20-11-15-5-4-6-17(10-15)25-3/h4-10,12H,11H2,1-3H3,(H,20,24). The van der Waals surface area contributed by atoms with Crippen LogP contribution in [0.15, 0.2) is 48.7 Å². The molecule has 3 aromatic rings. The molecule has 1 heterocycles. The summed E-state index contributed by atoms with van der Waals surface area (Å²) in [6, 6.07) is 13.6. The summed E-state index contributed by atoms with van der Waals surface area (Å²) < 4.78 is 6.79. The first-order valence-corrected chi connectivity index (χ1v) is 7.97. The van der Waals surface area contributed by atoms with Crippen LogP contribution in [0.2, 0.25) is 0 Å². The zero-order chi connectivity index (χ0) is 17.8. The average molecular weight is 336 g/mol. The molecule has 0 unspecified atom stereocenters. The molecule has 0 fully saturated rings. The molecule has 0 spiro atoms. The molecule has 0 aliphatic heterocycles. The van der Waals surface area contributed by atoms with Gasteiger partial charge in [-0.25, -0.2) is 4.68 Å². The molecule has 1 amide bonds. The molecule has 6 nitrogen and oxygen atoms in total. The Morgan fingerprint density at radius 3 is 2.64 bits per heavy atom. The Kier molecular flexibility index (Phi) is 4.79. The fourth-order valence-corrected chi connectivity index (χ4v) is 2.63. The number of hydrogen-bond donors (Lipinski definition) is 1. The molecule has 0 radical (unpaired) electrons. The van der Waals surface area contributed by atoms with Crippen LogP contribution in [0.25, 0.3) is 5.69 Å². The molecule has 0 aliphatic rings. The second kappa shape index (κ2) is 7.17. The van der Waals surface area contributed by atoms with E-state index in [9.17, 15) is 4.79 Å². The minimum absolute atomic E-state index is 0.265. The molecule has 0 bridgehead atoms. The molecule has 25 heavy (non-hydrogen) atoms. The molecule has 6 heteroatoms. The van der Waals surface area contributed by atoms with Crippen molar-refractivity contribution in [3.63, 3.8) is 0 Å². The lowest BCUT2D eigenvalue weighted by molar-refractivity contribution is 0.0946. The van der Waals surface area contributed by atoms with E-state index < -0.39 is 0 Å². The van der Waals surface area contributed by atoms with Crippen LogP contribution in [-0.2, 0) is 6.54 Å². The van der Waals surface area contributed by atoms with E-state index >= 15 is 0 Å². The van der Waals surface area contributed by atoms with Crippen molar-refractivity contribution < 1.29 is 9.53 Å². The van der Waals surface area contributed by atoms with Gasteiger partial charge in [-0.2, -0.15) is 0 Å². The van der Waals surface area contributed by atoms with Crippen molar-refractivity contribution in [2.75, 3.05) is 7.11 Å². The van der Waals surface area contributed by atoms with Gasteiger partial charge in [0.2, 0.25) is 0 Å². The number of rotatable bonds is 5. The number of hydrogen-bond acceptors (Lipinski definition) is 4. The van der Waals surface area contributed by atoms with Crippen molar-refractivity contribution in [1.29, 1.82) is 0 Å². The van der Waals surface area contributed by atoms with Crippen LogP contribution in [-0.4, -0.2) is 28.0 Å². The number of aromatic nitrogens is 3. The van der Waals surface area contributed by atoms with Gasteiger partial charge in [-0.15, -0.1) is 5.10 Å². The van der Waals surface area contributed by atoms with Crippen LogP contribution in [0, 0.1) is 13.8 Å². The van der Waals surface area contributed by atoms with E-state index in [0.29, 0.717) is 6.54 Å². The monoisotopic (exact) mass is 336 g/mol. The number of carbonyl (C=O) groups excluding carboxylic acids is 1. The van der Waals surface area contributed by atoms with Crippen LogP contribution in [0.5, 0.6) is 5.75 Å². The largest absolute Gasteiger partial charge is 0.497 e. The fourth-order valence-electron chi connectivity index (χ4n) is 2.63. The maximum absolute atomic E-state index is 12.3. The Balaban J connectivity index is 1.70. The average Bonchev–Trinajstić information content (AvgIpc) is 3.09. The normalized spacial score (nSPS) is 10.5. The van der Waals surface area contributed by atoms with Crippen LogP contribution in [0.4, 0.5) is 0 Å². The zero-order valence-electron chi connectivity index (χ0n) is 14.5. The first kappa shape index (κ1) is 16.7. The lowest BCUT2D eigenvalue weighted by Crippen LogP contribution is -2.23. The van der Waals surface area contributed by atoms with Gasteiger partial charge in [0, 0.05) is 6.54 Å². The highest BCUT2D eigenvalue weighted by atomic mass is 16.5. The van der Waals surface area contributed by atoms with Crippen LogP contribution >= 0.6 is 0 Å². The number of nitrogens with one attached hydrogen (secondary N) is 1. The smallest absolute Gasteiger partial charge is 0.273 e.